The molecular weight excluding hydrogens is 368 g/mol. The van der Waals surface area contributed by atoms with Gasteiger partial charge in [0, 0.05) is 27.1 Å². The molecule has 0 fully saturated rings. The Morgan fingerprint density at radius 3 is 2.82 bits per heavy atom. The predicted octanol–water partition coefficient (Wildman–Crippen LogP) is 4.64. The number of fused-ring (bicyclic) bond motifs is 1. The van der Waals surface area contributed by atoms with E-state index in [0.29, 0.717) is 32.8 Å². The van der Waals surface area contributed by atoms with Crippen LogP contribution in [0.3, 0.4) is 0 Å². The molecule has 0 radical (unpaired) electrons. The first kappa shape index (κ1) is 15.1. The molecule has 0 bridgehead atoms. The number of rotatable bonds is 2. The Hall–Kier alpha value is -1.78. The maximum Gasteiger partial charge on any atom is 0.189 e. The van der Waals surface area contributed by atoms with E-state index in [4.69, 9.17) is 16.3 Å². The second-order valence-electron chi connectivity index (χ2n) is 4.99. The number of phenols is 1. The van der Waals surface area contributed by atoms with Gasteiger partial charge in [-0.05, 0) is 35.4 Å². The number of aromatic hydroxyl groups is 1. The van der Waals surface area contributed by atoms with Crippen LogP contribution in [0.2, 0.25) is 5.02 Å². The zero-order chi connectivity index (χ0) is 15.9. The molecule has 0 heterocycles. The lowest BCUT2D eigenvalue weighted by molar-refractivity contribution is 0.104. The number of benzene rings is 2. The highest BCUT2D eigenvalue weighted by Gasteiger charge is 2.26. The average molecular weight is 380 g/mol. The number of hydrogen-bond donors (Lipinski definition) is 1. The lowest BCUT2D eigenvalue weighted by Crippen LogP contribution is -1.95. The quantitative estimate of drug-likeness (QED) is 0.773. The van der Waals surface area contributed by atoms with Crippen LogP contribution in [-0.2, 0) is 6.42 Å². The molecule has 0 saturated carbocycles. The standard InChI is InChI=1S/C17H12BrClO3/c1-22-16-7-9(13(18)8-15(16)20)5-10-6-12-11(17(10)21)3-2-4-14(12)19/h2-5,7-8,20H,6H2,1H3. The first-order valence-electron chi connectivity index (χ1n) is 6.60. The maximum atomic E-state index is 12.5. The van der Waals surface area contributed by atoms with Crippen molar-refractivity contribution < 1.29 is 14.6 Å². The Kier molecular flexibility index (Phi) is 3.98. The molecule has 0 aliphatic heterocycles. The average Bonchev–Trinajstić information content (AvgIpc) is 2.80. The van der Waals surface area contributed by atoms with Crippen molar-refractivity contribution in [3.05, 3.63) is 62.1 Å². The van der Waals surface area contributed by atoms with Crippen molar-refractivity contribution in [1.29, 1.82) is 0 Å². The number of halogens is 2. The van der Waals surface area contributed by atoms with Crippen LogP contribution in [0.25, 0.3) is 6.08 Å². The molecule has 1 N–H and O–H groups in total. The van der Waals surface area contributed by atoms with Crippen LogP contribution in [0.5, 0.6) is 11.5 Å². The summed E-state index contributed by atoms with van der Waals surface area (Å²) in [4.78, 5) is 12.5. The molecule has 0 atom stereocenters. The van der Waals surface area contributed by atoms with Crippen molar-refractivity contribution >= 4 is 39.4 Å². The van der Waals surface area contributed by atoms with Gasteiger partial charge in [-0.2, -0.15) is 0 Å². The maximum absolute atomic E-state index is 12.5. The van der Waals surface area contributed by atoms with Gasteiger partial charge < -0.3 is 9.84 Å². The molecule has 1 aliphatic rings. The number of phenolic OH excluding ortho intramolecular Hbond substituents is 1. The molecule has 2 aromatic rings. The lowest BCUT2D eigenvalue weighted by atomic mass is 10.1. The first-order chi connectivity index (χ1) is 10.5. The topological polar surface area (TPSA) is 46.5 Å². The number of ether oxygens (including phenoxy) is 1. The summed E-state index contributed by atoms with van der Waals surface area (Å²) in [6.07, 6.45) is 2.30. The van der Waals surface area contributed by atoms with E-state index in [9.17, 15) is 9.90 Å². The highest BCUT2D eigenvalue weighted by molar-refractivity contribution is 9.10. The van der Waals surface area contributed by atoms with Gasteiger partial charge in [0.2, 0.25) is 0 Å². The first-order valence-corrected chi connectivity index (χ1v) is 7.77. The van der Waals surface area contributed by atoms with Gasteiger partial charge in [-0.25, -0.2) is 0 Å². The summed E-state index contributed by atoms with van der Waals surface area (Å²) in [5.41, 5.74) is 2.95. The van der Waals surface area contributed by atoms with Gasteiger partial charge >= 0.3 is 0 Å². The molecule has 0 spiro atoms. The smallest absolute Gasteiger partial charge is 0.189 e. The van der Waals surface area contributed by atoms with E-state index in [1.165, 1.54) is 7.11 Å². The summed E-state index contributed by atoms with van der Waals surface area (Å²) in [5, 5.41) is 10.4. The molecular formula is C17H12BrClO3. The monoisotopic (exact) mass is 378 g/mol. The zero-order valence-electron chi connectivity index (χ0n) is 11.7. The van der Waals surface area contributed by atoms with Gasteiger partial charge in [0.25, 0.3) is 0 Å². The van der Waals surface area contributed by atoms with Crippen molar-refractivity contribution in [3.63, 3.8) is 0 Å². The Bertz CT molecular complexity index is 812. The van der Waals surface area contributed by atoms with E-state index in [1.54, 1.807) is 36.4 Å². The molecule has 22 heavy (non-hydrogen) atoms. The van der Waals surface area contributed by atoms with Gasteiger partial charge in [-0.1, -0.05) is 39.7 Å². The van der Waals surface area contributed by atoms with Crippen LogP contribution < -0.4 is 4.74 Å². The SMILES string of the molecule is COc1cc(C=C2Cc3c(Cl)cccc3C2=O)c(Br)cc1O. The highest BCUT2D eigenvalue weighted by Crippen LogP contribution is 2.36. The Morgan fingerprint density at radius 2 is 2.14 bits per heavy atom. The molecule has 2 aromatic carbocycles. The van der Waals surface area contributed by atoms with Gasteiger partial charge in [-0.15, -0.1) is 0 Å². The van der Waals surface area contributed by atoms with Gasteiger partial charge in [0.05, 0.1) is 7.11 Å². The second kappa shape index (κ2) is 5.78. The number of hydrogen-bond acceptors (Lipinski definition) is 3. The minimum Gasteiger partial charge on any atom is -0.504 e. The van der Waals surface area contributed by atoms with E-state index in [0.717, 1.165) is 11.1 Å². The van der Waals surface area contributed by atoms with Crippen LogP contribution >= 0.6 is 27.5 Å². The summed E-state index contributed by atoms with van der Waals surface area (Å²) < 4.78 is 5.79. The number of Topliss-reactive ketones (excluding diaryl/α,β-unsaturated/α-hetero) is 1. The van der Waals surface area contributed by atoms with Crippen LogP contribution in [0.4, 0.5) is 0 Å². The normalized spacial score (nSPS) is 15.2. The van der Waals surface area contributed by atoms with Crippen LogP contribution in [-0.4, -0.2) is 18.0 Å². The number of ketones is 1. The van der Waals surface area contributed by atoms with Gasteiger partial charge in [0.1, 0.15) is 0 Å². The minimum absolute atomic E-state index is 0.0172. The van der Waals surface area contributed by atoms with Crippen LogP contribution in [0.15, 0.2) is 40.4 Å². The summed E-state index contributed by atoms with van der Waals surface area (Å²) in [6.45, 7) is 0. The van der Waals surface area contributed by atoms with E-state index in [-0.39, 0.29) is 11.5 Å². The fourth-order valence-electron chi connectivity index (χ4n) is 2.53. The van der Waals surface area contributed by atoms with E-state index in [2.05, 4.69) is 15.9 Å². The van der Waals surface area contributed by atoms with Crippen molar-refractivity contribution in [2.45, 2.75) is 6.42 Å². The second-order valence-corrected chi connectivity index (χ2v) is 6.25. The number of carbonyl (C=O) groups excluding carboxylic acids is 1. The zero-order valence-corrected chi connectivity index (χ0v) is 14.0. The molecule has 5 heteroatoms. The number of methoxy groups -OCH3 is 1. The molecule has 112 valence electrons. The third-order valence-electron chi connectivity index (χ3n) is 3.65. The van der Waals surface area contributed by atoms with Crippen LogP contribution in [0.1, 0.15) is 21.5 Å². The fourth-order valence-corrected chi connectivity index (χ4v) is 3.22. The van der Waals surface area contributed by atoms with Crippen molar-refractivity contribution in [3.8, 4) is 11.5 Å². The summed E-state index contributed by atoms with van der Waals surface area (Å²) in [5.74, 6) is 0.382. The summed E-state index contributed by atoms with van der Waals surface area (Å²) >= 11 is 9.55. The molecule has 3 rings (SSSR count). The molecule has 0 aromatic heterocycles. The Labute approximate surface area is 141 Å². The van der Waals surface area contributed by atoms with Crippen LogP contribution in [0, 0.1) is 0 Å². The summed E-state index contributed by atoms with van der Waals surface area (Å²) in [7, 11) is 1.48. The minimum atomic E-state index is -0.0172. The highest BCUT2D eigenvalue weighted by atomic mass is 79.9. The Balaban J connectivity index is 2.05. The van der Waals surface area contributed by atoms with E-state index < -0.39 is 0 Å². The number of carbonyl (C=O) groups is 1. The third-order valence-corrected chi connectivity index (χ3v) is 4.69. The third kappa shape index (κ3) is 2.53. The largest absolute Gasteiger partial charge is 0.504 e. The molecule has 1 aliphatic carbocycles. The fraction of sp³-hybridized carbons (Fsp3) is 0.118. The predicted molar refractivity (Wildman–Crippen MR) is 89.8 cm³/mol. The van der Waals surface area contributed by atoms with Gasteiger partial charge in [0.15, 0.2) is 17.3 Å². The van der Waals surface area contributed by atoms with E-state index in [1.807, 2.05) is 0 Å². The van der Waals surface area contributed by atoms with Crippen molar-refractivity contribution in [2.75, 3.05) is 7.11 Å². The van der Waals surface area contributed by atoms with Crippen molar-refractivity contribution in [1.82, 2.24) is 0 Å². The molecule has 0 amide bonds. The number of allylic oxidation sites excluding steroid dienone is 1. The van der Waals surface area contributed by atoms with E-state index >= 15 is 0 Å². The summed E-state index contributed by atoms with van der Waals surface area (Å²) in [6, 6.07) is 8.59. The molecule has 0 unspecified atom stereocenters. The lowest BCUT2D eigenvalue weighted by Gasteiger charge is -2.07. The van der Waals surface area contributed by atoms with Gasteiger partial charge in [-0.3, -0.25) is 4.79 Å². The van der Waals surface area contributed by atoms with Crippen molar-refractivity contribution in [2.24, 2.45) is 0 Å². The molecule has 3 nitrogen and oxygen atoms in total. The Morgan fingerprint density at radius 1 is 1.36 bits per heavy atom. The molecule has 0 saturated heterocycles.